The standard InChI is InChI=1S/C18H25BrN2O3S/c1-13-10-14-11-15(19)8-9-17(14)21(13)18(22)12-20(25(2,23)24)16-6-4-3-5-7-16/h8-9,11,13,16H,3-7,10,12H2,1-2H3. The monoisotopic (exact) mass is 428 g/mol. The number of hydrogen-bond acceptors (Lipinski definition) is 3. The molecule has 0 saturated heterocycles. The molecule has 1 aliphatic heterocycles. The quantitative estimate of drug-likeness (QED) is 0.738. The van der Waals surface area contributed by atoms with Crippen molar-refractivity contribution in [1.29, 1.82) is 0 Å². The molecular weight excluding hydrogens is 404 g/mol. The second-order valence-corrected chi connectivity index (χ2v) is 10.0. The summed E-state index contributed by atoms with van der Waals surface area (Å²) < 4.78 is 27.0. The first-order valence-electron chi connectivity index (χ1n) is 8.84. The molecule has 0 aromatic heterocycles. The lowest BCUT2D eigenvalue weighted by Gasteiger charge is -2.33. The van der Waals surface area contributed by atoms with E-state index in [0.717, 1.165) is 54.2 Å². The van der Waals surface area contributed by atoms with Crippen LogP contribution >= 0.6 is 15.9 Å². The van der Waals surface area contributed by atoms with E-state index in [1.807, 2.05) is 25.1 Å². The molecule has 1 heterocycles. The summed E-state index contributed by atoms with van der Waals surface area (Å²) in [5.41, 5.74) is 2.02. The zero-order valence-electron chi connectivity index (χ0n) is 14.7. The minimum atomic E-state index is -3.41. The van der Waals surface area contributed by atoms with Crippen LogP contribution in [0.4, 0.5) is 5.69 Å². The zero-order valence-corrected chi connectivity index (χ0v) is 17.1. The molecule has 7 heteroatoms. The summed E-state index contributed by atoms with van der Waals surface area (Å²) >= 11 is 3.47. The molecule has 1 atom stereocenters. The van der Waals surface area contributed by atoms with E-state index in [2.05, 4.69) is 15.9 Å². The summed E-state index contributed by atoms with van der Waals surface area (Å²) in [5, 5.41) is 0. The fourth-order valence-electron chi connectivity index (χ4n) is 4.08. The number of anilines is 1. The molecule has 0 N–H and O–H groups in total. The number of sulfonamides is 1. The zero-order chi connectivity index (χ0) is 18.2. The highest BCUT2D eigenvalue weighted by Gasteiger charge is 2.35. The van der Waals surface area contributed by atoms with Crippen molar-refractivity contribution in [3.05, 3.63) is 28.2 Å². The molecular formula is C18H25BrN2O3S. The van der Waals surface area contributed by atoms with Gasteiger partial charge in [0.1, 0.15) is 0 Å². The minimum absolute atomic E-state index is 0.0459. The summed E-state index contributed by atoms with van der Waals surface area (Å²) in [6.45, 7) is 1.94. The van der Waals surface area contributed by atoms with Gasteiger partial charge < -0.3 is 4.90 Å². The third-order valence-corrected chi connectivity index (χ3v) is 7.00. The third-order valence-electron chi connectivity index (χ3n) is 5.22. The largest absolute Gasteiger partial charge is 0.308 e. The maximum Gasteiger partial charge on any atom is 0.242 e. The third kappa shape index (κ3) is 4.09. The van der Waals surface area contributed by atoms with Crippen LogP contribution in [-0.4, -0.2) is 43.5 Å². The van der Waals surface area contributed by atoms with E-state index in [1.54, 1.807) is 4.90 Å². The van der Waals surface area contributed by atoms with Crippen molar-refractivity contribution >= 4 is 37.5 Å². The maximum absolute atomic E-state index is 13.0. The van der Waals surface area contributed by atoms with Crippen molar-refractivity contribution in [2.24, 2.45) is 0 Å². The molecule has 1 saturated carbocycles. The van der Waals surface area contributed by atoms with Gasteiger partial charge >= 0.3 is 0 Å². The van der Waals surface area contributed by atoms with Gasteiger partial charge in [-0.15, -0.1) is 0 Å². The second-order valence-electron chi connectivity index (χ2n) is 7.19. The smallest absolute Gasteiger partial charge is 0.242 e. The number of amides is 1. The van der Waals surface area contributed by atoms with E-state index in [1.165, 1.54) is 10.6 Å². The van der Waals surface area contributed by atoms with Crippen LogP contribution in [-0.2, 0) is 21.2 Å². The van der Waals surface area contributed by atoms with Crippen molar-refractivity contribution < 1.29 is 13.2 Å². The van der Waals surface area contributed by atoms with Crippen LogP contribution in [0.3, 0.4) is 0 Å². The SMILES string of the molecule is CC1Cc2cc(Br)ccc2N1C(=O)CN(C1CCCCC1)S(C)(=O)=O. The predicted octanol–water partition coefficient (Wildman–Crippen LogP) is 3.32. The first-order chi connectivity index (χ1) is 11.8. The first-order valence-corrected chi connectivity index (χ1v) is 11.5. The molecule has 3 rings (SSSR count). The van der Waals surface area contributed by atoms with Crippen molar-refractivity contribution in [2.45, 2.75) is 57.5 Å². The summed E-state index contributed by atoms with van der Waals surface area (Å²) in [6.07, 6.45) is 6.91. The Balaban J connectivity index is 1.82. The Bertz CT molecular complexity index is 760. The Morgan fingerprint density at radius 2 is 1.96 bits per heavy atom. The van der Waals surface area contributed by atoms with Gasteiger partial charge in [0.15, 0.2) is 0 Å². The van der Waals surface area contributed by atoms with Gasteiger partial charge in [-0.05, 0) is 49.9 Å². The van der Waals surface area contributed by atoms with E-state index in [9.17, 15) is 13.2 Å². The highest BCUT2D eigenvalue weighted by Crippen LogP contribution is 2.34. The lowest BCUT2D eigenvalue weighted by molar-refractivity contribution is -0.119. The van der Waals surface area contributed by atoms with Crippen LogP contribution < -0.4 is 4.90 Å². The molecule has 138 valence electrons. The maximum atomic E-state index is 13.0. The molecule has 5 nitrogen and oxygen atoms in total. The number of benzene rings is 1. The number of rotatable bonds is 4. The van der Waals surface area contributed by atoms with Gasteiger partial charge in [0.2, 0.25) is 15.9 Å². The van der Waals surface area contributed by atoms with Gasteiger partial charge in [-0.1, -0.05) is 35.2 Å². The van der Waals surface area contributed by atoms with Gasteiger partial charge in [0, 0.05) is 22.2 Å². The van der Waals surface area contributed by atoms with Crippen LogP contribution in [0.5, 0.6) is 0 Å². The Kier molecular flexibility index (Phi) is 5.56. The summed E-state index contributed by atoms with van der Waals surface area (Å²) in [6, 6.07) is 5.90. The minimum Gasteiger partial charge on any atom is -0.308 e. The van der Waals surface area contributed by atoms with Crippen LogP contribution in [0.15, 0.2) is 22.7 Å². The predicted molar refractivity (Wildman–Crippen MR) is 103 cm³/mol. The molecule has 0 spiro atoms. The summed E-state index contributed by atoms with van der Waals surface area (Å²) in [7, 11) is -3.41. The summed E-state index contributed by atoms with van der Waals surface area (Å²) in [4.78, 5) is 14.8. The van der Waals surface area contributed by atoms with E-state index >= 15 is 0 Å². The van der Waals surface area contributed by atoms with Gasteiger partial charge in [-0.2, -0.15) is 4.31 Å². The van der Waals surface area contributed by atoms with Crippen molar-refractivity contribution in [2.75, 3.05) is 17.7 Å². The molecule has 2 aliphatic rings. The number of carbonyl (C=O) groups excluding carboxylic acids is 1. The normalized spacial score (nSPS) is 21.6. The van der Waals surface area contributed by atoms with E-state index in [-0.39, 0.29) is 24.5 Å². The lowest BCUT2D eigenvalue weighted by Crippen LogP contribution is -2.49. The Morgan fingerprint density at radius 3 is 2.60 bits per heavy atom. The van der Waals surface area contributed by atoms with E-state index < -0.39 is 10.0 Å². The molecule has 1 fully saturated rings. The Hall–Kier alpha value is -0.920. The first kappa shape index (κ1) is 18.9. The molecule has 0 radical (unpaired) electrons. The Labute approximate surface area is 158 Å². The molecule has 25 heavy (non-hydrogen) atoms. The van der Waals surface area contributed by atoms with E-state index in [4.69, 9.17) is 0 Å². The number of hydrogen-bond donors (Lipinski definition) is 0. The molecule has 1 aromatic rings. The fraction of sp³-hybridized carbons (Fsp3) is 0.611. The fourth-order valence-corrected chi connectivity index (χ4v) is 5.58. The number of carbonyl (C=O) groups is 1. The average molecular weight is 429 g/mol. The second kappa shape index (κ2) is 7.37. The van der Waals surface area contributed by atoms with Crippen LogP contribution in [0.2, 0.25) is 0 Å². The average Bonchev–Trinajstić information content (AvgIpc) is 2.87. The van der Waals surface area contributed by atoms with E-state index in [0.29, 0.717) is 0 Å². The van der Waals surface area contributed by atoms with Crippen LogP contribution in [0.25, 0.3) is 0 Å². The van der Waals surface area contributed by atoms with Gasteiger partial charge in [-0.25, -0.2) is 8.42 Å². The van der Waals surface area contributed by atoms with Crippen LogP contribution in [0.1, 0.15) is 44.6 Å². The van der Waals surface area contributed by atoms with Crippen molar-refractivity contribution in [3.8, 4) is 0 Å². The topological polar surface area (TPSA) is 57.7 Å². The molecule has 1 unspecified atom stereocenters. The van der Waals surface area contributed by atoms with Gasteiger partial charge in [-0.3, -0.25) is 4.79 Å². The van der Waals surface area contributed by atoms with Crippen molar-refractivity contribution in [3.63, 3.8) is 0 Å². The van der Waals surface area contributed by atoms with Crippen LogP contribution in [0, 0.1) is 0 Å². The number of fused-ring (bicyclic) bond motifs is 1. The van der Waals surface area contributed by atoms with Gasteiger partial charge in [0.05, 0.1) is 12.8 Å². The lowest BCUT2D eigenvalue weighted by atomic mass is 9.95. The Morgan fingerprint density at radius 1 is 1.28 bits per heavy atom. The van der Waals surface area contributed by atoms with Gasteiger partial charge in [0.25, 0.3) is 0 Å². The molecule has 1 aliphatic carbocycles. The number of nitrogens with zero attached hydrogens (tertiary/aromatic N) is 2. The summed E-state index contributed by atoms with van der Waals surface area (Å²) in [5.74, 6) is -0.135. The highest BCUT2D eigenvalue weighted by molar-refractivity contribution is 9.10. The molecule has 1 amide bonds. The molecule has 0 bridgehead atoms. The van der Waals surface area contributed by atoms with Crippen molar-refractivity contribution in [1.82, 2.24) is 4.31 Å². The highest BCUT2D eigenvalue weighted by atomic mass is 79.9. The number of halogens is 1. The molecule has 1 aromatic carbocycles.